The van der Waals surface area contributed by atoms with Gasteiger partial charge in [0.15, 0.2) is 10.4 Å². The summed E-state index contributed by atoms with van der Waals surface area (Å²) in [6.07, 6.45) is 1.64. The fourth-order valence-corrected chi connectivity index (χ4v) is 2.52. The molecule has 3 heterocycles. The molecule has 23 heavy (non-hydrogen) atoms. The molecule has 0 saturated heterocycles. The van der Waals surface area contributed by atoms with Crippen molar-refractivity contribution < 1.29 is 8.83 Å². The average molecular weight is 373 g/mol. The Kier molecular flexibility index (Phi) is 3.30. The zero-order chi connectivity index (χ0) is 15.8. The minimum atomic E-state index is -0.205. The van der Waals surface area contributed by atoms with Crippen LogP contribution in [-0.2, 0) is 6.54 Å². The van der Waals surface area contributed by atoms with Gasteiger partial charge in [0.25, 0.3) is 11.4 Å². The predicted octanol–water partition coefficient (Wildman–Crippen LogP) is 2.85. The van der Waals surface area contributed by atoms with Crippen LogP contribution in [0.25, 0.3) is 22.4 Å². The highest BCUT2D eigenvalue weighted by atomic mass is 79.9. The smallest absolute Gasteiger partial charge is 0.283 e. The van der Waals surface area contributed by atoms with Crippen molar-refractivity contribution in [3.8, 4) is 11.7 Å². The average Bonchev–Trinajstić information content (AvgIpc) is 3.19. The fraction of sp³-hybridized carbons (Fsp3) is 0.0667. The number of halogens is 1. The number of furan rings is 1. The Hall–Kier alpha value is -2.74. The van der Waals surface area contributed by atoms with Gasteiger partial charge >= 0.3 is 0 Å². The quantitative estimate of drug-likeness (QED) is 0.549. The van der Waals surface area contributed by atoms with Gasteiger partial charge in [0, 0.05) is 5.39 Å². The molecule has 4 rings (SSSR count). The third-order valence-corrected chi connectivity index (χ3v) is 3.72. The Bertz CT molecular complexity index is 1050. The van der Waals surface area contributed by atoms with Crippen LogP contribution in [0.5, 0.6) is 0 Å². The molecule has 0 fully saturated rings. The largest absolute Gasteiger partial charge is 0.444 e. The third kappa shape index (κ3) is 2.57. The van der Waals surface area contributed by atoms with Gasteiger partial charge in [-0.25, -0.2) is 4.68 Å². The monoisotopic (exact) mass is 372 g/mol. The molecular weight excluding hydrogens is 364 g/mol. The van der Waals surface area contributed by atoms with E-state index in [1.54, 1.807) is 24.4 Å². The second-order valence-corrected chi connectivity index (χ2v) is 5.58. The summed E-state index contributed by atoms with van der Waals surface area (Å²) in [4.78, 5) is 12.4. The van der Waals surface area contributed by atoms with E-state index in [4.69, 9.17) is 8.83 Å². The maximum Gasteiger partial charge on any atom is 0.283 e. The Labute approximate surface area is 137 Å². The van der Waals surface area contributed by atoms with Crippen LogP contribution >= 0.6 is 15.9 Å². The minimum Gasteiger partial charge on any atom is -0.444 e. The molecule has 0 aliphatic carbocycles. The van der Waals surface area contributed by atoms with E-state index >= 15 is 0 Å². The molecule has 0 unspecified atom stereocenters. The van der Waals surface area contributed by atoms with Crippen LogP contribution in [0, 0.1) is 0 Å². The van der Waals surface area contributed by atoms with Crippen molar-refractivity contribution in [2.75, 3.05) is 0 Å². The van der Waals surface area contributed by atoms with Crippen molar-refractivity contribution in [2.24, 2.45) is 0 Å². The lowest BCUT2D eigenvalue weighted by Crippen LogP contribution is -2.23. The van der Waals surface area contributed by atoms with Gasteiger partial charge in [-0.2, -0.15) is 5.10 Å². The molecule has 1 aromatic carbocycles. The molecule has 0 spiro atoms. The van der Waals surface area contributed by atoms with Gasteiger partial charge < -0.3 is 8.83 Å². The van der Waals surface area contributed by atoms with Crippen LogP contribution < -0.4 is 5.56 Å². The molecule has 114 valence electrons. The summed E-state index contributed by atoms with van der Waals surface area (Å²) >= 11 is 3.21. The SMILES string of the molecule is O=c1c2ccccc2cnn1Cc1nnc(-c2ccc(Br)o2)o1. The van der Waals surface area contributed by atoms with Crippen molar-refractivity contribution in [2.45, 2.75) is 6.54 Å². The molecule has 0 N–H and O–H groups in total. The van der Waals surface area contributed by atoms with E-state index in [1.165, 1.54) is 4.68 Å². The summed E-state index contributed by atoms with van der Waals surface area (Å²) in [5.74, 6) is 0.978. The first kappa shape index (κ1) is 13.9. The standard InChI is InChI=1S/C15H9BrN4O3/c16-12-6-5-11(22-12)14-19-18-13(23-14)8-20-15(21)10-4-2-1-3-9(10)7-17-20/h1-7H,8H2. The first-order chi connectivity index (χ1) is 11.2. The molecule has 0 saturated carbocycles. The van der Waals surface area contributed by atoms with Crippen LogP contribution in [0.2, 0.25) is 0 Å². The number of nitrogens with zero attached hydrogens (tertiary/aromatic N) is 4. The highest BCUT2D eigenvalue weighted by molar-refractivity contribution is 9.10. The van der Waals surface area contributed by atoms with Gasteiger partial charge in [-0.1, -0.05) is 18.2 Å². The predicted molar refractivity (Wildman–Crippen MR) is 84.8 cm³/mol. The van der Waals surface area contributed by atoms with Crippen LogP contribution in [0.1, 0.15) is 5.89 Å². The summed E-state index contributed by atoms with van der Waals surface area (Å²) in [5, 5.41) is 13.4. The van der Waals surface area contributed by atoms with Gasteiger partial charge in [0.05, 0.1) is 11.6 Å². The highest BCUT2D eigenvalue weighted by Crippen LogP contribution is 2.23. The molecule has 0 aliphatic heterocycles. The molecule has 0 bridgehead atoms. The van der Waals surface area contributed by atoms with E-state index in [1.807, 2.05) is 18.2 Å². The fourth-order valence-electron chi connectivity index (χ4n) is 2.21. The summed E-state index contributed by atoms with van der Waals surface area (Å²) in [6.45, 7) is 0.0958. The second-order valence-electron chi connectivity index (χ2n) is 4.80. The molecule has 0 radical (unpaired) electrons. The number of rotatable bonds is 3. The van der Waals surface area contributed by atoms with Crippen molar-refractivity contribution in [1.29, 1.82) is 0 Å². The third-order valence-electron chi connectivity index (χ3n) is 3.30. The first-order valence-corrected chi connectivity index (χ1v) is 7.53. The molecule has 0 aliphatic rings. The maximum atomic E-state index is 12.4. The number of hydrogen-bond donors (Lipinski definition) is 0. The Morgan fingerprint density at radius 3 is 2.78 bits per heavy atom. The van der Waals surface area contributed by atoms with Crippen LogP contribution in [0.4, 0.5) is 0 Å². The minimum absolute atomic E-state index is 0.0958. The lowest BCUT2D eigenvalue weighted by molar-refractivity contribution is 0.449. The van der Waals surface area contributed by atoms with Crippen LogP contribution in [0.15, 0.2) is 60.9 Å². The van der Waals surface area contributed by atoms with Crippen LogP contribution in [-0.4, -0.2) is 20.0 Å². The van der Waals surface area contributed by atoms with Gasteiger partial charge in [0.1, 0.15) is 6.54 Å². The van der Waals surface area contributed by atoms with Crippen molar-refractivity contribution in [3.63, 3.8) is 0 Å². The van der Waals surface area contributed by atoms with E-state index in [0.717, 1.165) is 5.39 Å². The summed E-state index contributed by atoms with van der Waals surface area (Å²) in [6, 6.07) is 10.7. The van der Waals surface area contributed by atoms with E-state index in [0.29, 0.717) is 15.8 Å². The lowest BCUT2D eigenvalue weighted by atomic mass is 10.2. The zero-order valence-corrected chi connectivity index (χ0v) is 13.2. The van der Waals surface area contributed by atoms with Crippen molar-refractivity contribution in [3.05, 3.63) is 63.5 Å². The summed E-state index contributed by atoms with van der Waals surface area (Å²) in [5.41, 5.74) is -0.205. The molecule has 0 atom stereocenters. The topological polar surface area (TPSA) is 87.0 Å². The van der Waals surface area contributed by atoms with E-state index < -0.39 is 0 Å². The van der Waals surface area contributed by atoms with Gasteiger partial charge in [0.2, 0.25) is 5.89 Å². The van der Waals surface area contributed by atoms with Crippen molar-refractivity contribution in [1.82, 2.24) is 20.0 Å². The van der Waals surface area contributed by atoms with Gasteiger partial charge in [-0.15, -0.1) is 10.2 Å². The number of aromatic nitrogens is 4. The first-order valence-electron chi connectivity index (χ1n) is 6.74. The molecular formula is C15H9BrN4O3. The molecule has 4 aromatic rings. The summed E-state index contributed by atoms with van der Waals surface area (Å²) < 4.78 is 12.7. The van der Waals surface area contributed by atoms with Gasteiger partial charge in [-0.3, -0.25) is 4.79 Å². The molecule has 7 nitrogen and oxygen atoms in total. The maximum absolute atomic E-state index is 12.4. The van der Waals surface area contributed by atoms with Gasteiger partial charge in [-0.05, 0) is 34.1 Å². The summed E-state index contributed by atoms with van der Waals surface area (Å²) in [7, 11) is 0. The number of fused-ring (bicyclic) bond motifs is 1. The van der Waals surface area contributed by atoms with E-state index in [2.05, 4.69) is 31.2 Å². The van der Waals surface area contributed by atoms with Crippen LogP contribution in [0.3, 0.4) is 0 Å². The molecule has 0 amide bonds. The number of benzene rings is 1. The highest BCUT2D eigenvalue weighted by Gasteiger charge is 2.14. The Morgan fingerprint density at radius 2 is 1.96 bits per heavy atom. The molecule has 3 aromatic heterocycles. The van der Waals surface area contributed by atoms with Crippen molar-refractivity contribution >= 4 is 26.7 Å². The lowest BCUT2D eigenvalue weighted by Gasteiger charge is -2.02. The number of hydrogen-bond acceptors (Lipinski definition) is 6. The second kappa shape index (κ2) is 5.47. The van der Waals surface area contributed by atoms with E-state index in [-0.39, 0.29) is 23.9 Å². The normalized spacial score (nSPS) is 11.2. The Balaban J connectivity index is 1.67. The Morgan fingerprint density at radius 1 is 1.09 bits per heavy atom. The zero-order valence-electron chi connectivity index (χ0n) is 11.6. The van der Waals surface area contributed by atoms with E-state index in [9.17, 15) is 4.79 Å². The molecule has 8 heteroatoms.